The third-order valence-corrected chi connectivity index (χ3v) is 11.9. The smallest absolute Gasteiger partial charge is 0.417 e. The van der Waals surface area contributed by atoms with Crippen LogP contribution in [-0.4, -0.2) is 120 Å². The Morgan fingerprint density at radius 1 is 0.918 bits per heavy atom. The summed E-state index contributed by atoms with van der Waals surface area (Å²) in [6, 6.07) is 20.9. The van der Waals surface area contributed by atoms with Crippen LogP contribution in [0, 0.1) is 0 Å². The number of imide groups is 1. The fourth-order valence-corrected chi connectivity index (χ4v) is 8.46. The number of benzene rings is 3. The maximum absolute atomic E-state index is 13.3. The lowest BCUT2D eigenvalue weighted by atomic mass is 9.81. The summed E-state index contributed by atoms with van der Waals surface area (Å²) in [6.07, 6.45) is 1.92. The van der Waals surface area contributed by atoms with Crippen molar-refractivity contribution < 1.29 is 43.3 Å². The van der Waals surface area contributed by atoms with Gasteiger partial charge in [-0.15, -0.1) is 0 Å². The number of hydrogen-bond acceptors (Lipinski definition) is 12. The van der Waals surface area contributed by atoms with Crippen LogP contribution in [0.5, 0.6) is 5.75 Å². The lowest BCUT2D eigenvalue weighted by molar-refractivity contribution is -0.145. The van der Waals surface area contributed by atoms with Gasteiger partial charge in [0.25, 0.3) is 5.91 Å². The van der Waals surface area contributed by atoms with Crippen molar-refractivity contribution in [1.29, 1.82) is 0 Å². The van der Waals surface area contributed by atoms with E-state index in [0.29, 0.717) is 53.9 Å². The van der Waals surface area contributed by atoms with E-state index in [0.717, 1.165) is 38.3 Å². The Hall–Kier alpha value is -6.19. The minimum atomic E-state index is -0.787. The zero-order valence-electron chi connectivity index (χ0n) is 34.6. The highest BCUT2D eigenvalue weighted by molar-refractivity contribution is 6.14. The highest BCUT2D eigenvalue weighted by Crippen LogP contribution is 2.36. The number of aliphatic hydroxyl groups is 1. The van der Waals surface area contributed by atoms with E-state index in [1.807, 2.05) is 44.2 Å². The number of carbonyl (C=O) groups excluding carboxylic acids is 6. The monoisotopic (exact) mass is 832 g/mol. The molecule has 61 heavy (non-hydrogen) atoms. The fraction of sp³-hybridized carbons (Fsp3) is 0.413. The van der Waals surface area contributed by atoms with Gasteiger partial charge in [-0.25, -0.2) is 4.79 Å². The van der Waals surface area contributed by atoms with Gasteiger partial charge < -0.3 is 19.5 Å². The molecule has 3 heterocycles. The molecule has 320 valence electrons. The number of carbonyl (C=O) groups is 6. The van der Waals surface area contributed by atoms with Gasteiger partial charge in [0.1, 0.15) is 24.2 Å². The molecule has 4 amide bonds. The van der Waals surface area contributed by atoms with Gasteiger partial charge in [-0.3, -0.25) is 49.4 Å². The Kier molecular flexibility index (Phi) is 13.4. The van der Waals surface area contributed by atoms with Gasteiger partial charge in [-0.1, -0.05) is 68.4 Å². The molecular weight excluding hydrogens is 781 g/mol. The third-order valence-electron chi connectivity index (χ3n) is 11.9. The first-order valence-electron chi connectivity index (χ1n) is 20.8. The minimum Gasteiger partial charge on any atom is -0.511 e. The molecule has 2 fully saturated rings. The number of allylic oxidation sites excluding steroid dienone is 2. The van der Waals surface area contributed by atoms with Gasteiger partial charge in [0.15, 0.2) is 5.78 Å². The number of piperidine rings is 1. The number of ketones is 1. The number of nitrogens with zero attached hydrogens (tertiary/aromatic N) is 4. The minimum absolute atomic E-state index is 0.0205. The van der Waals surface area contributed by atoms with Crippen molar-refractivity contribution >= 4 is 47.5 Å². The van der Waals surface area contributed by atoms with E-state index in [1.165, 1.54) is 11.1 Å². The summed E-state index contributed by atoms with van der Waals surface area (Å²) in [4.78, 5) is 87.0. The van der Waals surface area contributed by atoms with Gasteiger partial charge in [0, 0.05) is 99.1 Å². The number of ether oxygens (including phenoxy) is 2. The van der Waals surface area contributed by atoms with Gasteiger partial charge in [0.2, 0.25) is 11.8 Å². The Balaban J connectivity index is 0.832. The number of anilines is 1. The molecule has 2 saturated heterocycles. The van der Waals surface area contributed by atoms with Crippen LogP contribution in [0.2, 0.25) is 0 Å². The summed E-state index contributed by atoms with van der Waals surface area (Å²) in [5.41, 5.74) is 2.50. The number of nitrogens with one attached hydrogen (secondary N) is 2. The van der Waals surface area contributed by atoms with Crippen LogP contribution in [0.1, 0.15) is 78.9 Å². The summed E-state index contributed by atoms with van der Waals surface area (Å²) in [7, 11) is 0. The summed E-state index contributed by atoms with van der Waals surface area (Å²) in [5, 5.41) is 15.6. The number of rotatable bonds is 14. The Labute approximate surface area is 354 Å². The third kappa shape index (κ3) is 10.4. The molecule has 3 aliphatic heterocycles. The molecule has 0 spiro atoms. The summed E-state index contributed by atoms with van der Waals surface area (Å²) in [6.45, 7) is 9.21. The molecule has 3 N–H and O–H groups in total. The Bertz CT molecular complexity index is 2230. The summed E-state index contributed by atoms with van der Waals surface area (Å²) >= 11 is 0. The number of hydrogen-bond donors (Lipinski definition) is 3. The molecule has 7 rings (SSSR count). The Morgan fingerprint density at radius 2 is 1.64 bits per heavy atom. The number of fused-ring (bicyclic) bond motifs is 1. The van der Waals surface area contributed by atoms with Crippen molar-refractivity contribution in [2.24, 2.45) is 4.99 Å². The molecule has 0 aromatic heterocycles. The maximum Gasteiger partial charge on any atom is 0.417 e. The SMILES string of the molecule is CC(C)(CC(=O)OCCN1CCN(CCN=CC2=C(O)CC(c3ccccc3)CC2=O)CC1)c1ccccc1OC(=O)Nc1cccc2c1CN(C1CCC(=O)NC1=O)C2=O. The average Bonchev–Trinajstić information content (AvgIpc) is 3.57. The zero-order chi connectivity index (χ0) is 43.1. The molecule has 3 aromatic rings. The largest absolute Gasteiger partial charge is 0.511 e. The number of aliphatic imine (C=N–C) groups is 1. The van der Waals surface area contributed by atoms with Crippen LogP contribution in [0.15, 0.2) is 89.1 Å². The Morgan fingerprint density at radius 3 is 2.38 bits per heavy atom. The quantitative estimate of drug-likeness (QED) is 0.114. The van der Waals surface area contributed by atoms with Crippen LogP contribution in [-0.2, 0) is 35.9 Å². The molecule has 0 radical (unpaired) electrons. The molecule has 2 atom stereocenters. The van der Waals surface area contributed by atoms with Crippen LogP contribution >= 0.6 is 0 Å². The molecular formula is C46H52N6O9. The first kappa shape index (κ1) is 42.9. The van der Waals surface area contributed by atoms with Crippen molar-refractivity contribution in [1.82, 2.24) is 20.0 Å². The predicted octanol–water partition coefficient (Wildman–Crippen LogP) is 4.92. The average molecular weight is 833 g/mol. The van der Waals surface area contributed by atoms with Crippen LogP contribution in [0.4, 0.5) is 10.5 Å². The van der Waals surface area contributed by atoms with E-state index >= 15 is 0 Å². The lowest BCUT2D eigenvalue weighted by Crippen LogP contribution is -2.52. The van der Waals surface area contributed by atoms with E-state index in [4.69, 9.17) is 9.47 Å². The topological polar surface area (TPSA) is 187 Å². The highest BCUT2D eigenvalue weighted by Gasteiger charge is 2.40. The number of Topliss-reactive ketones (excluding diaryl/α,β-unsaturated/α-hetero) is 1. The number of esters is 1. The summed E-state index contributed by atoms with van der Waals surface area (Å²) < 4.78 is 11.5. The number of amides is 4. The maximum atomic E-state index is 13.3. The van der Waals surface area contributed by atoms with Crippen LogP contribution < -0.4 is 15.4 Å². The number of para-hydroxylation sites is 1. The van der Waals surface area contributed by atoms with Crippen molar-refractivity contribution in [3.63, 3.8) is 0 Å². The van der Waals surface area contributed by atoms with Gasteiger partial charge >= 0.3 is 12.1 Å². The number of aliphatic hydroxyl groups excluding tert-OH is 1. The lowest BCUT2D eigenvalue weighted by Gasteiger charge is -2.34. The van der Waals surface area contributed by atoms with Crippen molar-refractivity contribution in [3.8, 4) is 5.75 Å². The number of piperazine rings is 1. The van der Waals surface area contributed by atoms with Crippen molar-refractivity contribution in [2.45, 2.75) is 69.9 Å². The van der Waals surface area contributed by atoms with Crippen LogP contribution in [0.3, 0.4) is 0 Å². The van der Waals surface area contributed by atoms with Gasteiger partial charge in [-0.05, 0) is 36.1 Å². The van der Waals surface area contributed by atoms with E-state index in [-0.39, 0.29) is 73.4 Å². The zero-order valence-corrected chi connectivity index (χ0v) is 34.6. The van der Waals surface area contributed by atoms with Crippen LogP contribution in [0.25, 0.3) is 0 Å². The first-order chi connectivity index (χ1) is 29.4. The van der Waals surface area contributed by atoms with Crippen molar-refractivity contribution in [2.75, 3.05) is 57.7 Å². The second-order valence-corrected chi connectivity index (χ2v) is 16.5. The second-order valence-electron chi connectivity index (χ2n) is 16.5. The van der Waals surface area contributed by atoms with Crippen molar-refractivity contribution in [3.05, 3.63) is 106 Å². The second kappa shape index (κ2) is 19.0. The van der Waals surface area contributed by atoms with E-state index in [1.54, 1.807) is 42.5 Å². The standard InChI is InChI=1S/C46H52N6O9/c1-46(2,35-12-6-7-14-40(35)61-45(59)48-36-13-8-11-32-34(36)29-52(44(32)58)37-15-16-41(55)49-43(37)57)27-42(56)60-24-23-51-21-19-50(20-22-51)18-17-47-28-33-38(53)25-31(26-39(33)54)30-9-4-3-5-10-30/h3-14,28,31,37,53H,15-27,29H2,1-2H3,(H,48,59)(H,49,55,57). The predicted molar refractivity (Wildman–Crippen MR) is 226 cm³/mol. The van der Waals surface area contributed by atoms with E-state index < -0.39 is 23.5 Å². The molecule has 0 bridgehead atoms. The molecule has 15 heteroatoms. The van der Waals surface area contributed by atoms with E-state index in [2.05, 4.69) is 25.4 Å². The normalized spacial score (nSPS) is 20.2. The van der Waals surface area contributed by atoms with Gasteiger partial charge in [-0.2, -0.15) is 0 Å². The summed E-state index contributed by atoms with van der Waals surface area (Å²) in [5.74, 6) is -1.36. The molecule has 4 aliphatic rings. The van der Waals surface area contributed by atoms with E-state index in [9.17, 15) is 33.9 Å². The first-order valence-corrected chi connectivity index (χ1v) is 20.8. The molecule has 0 saturated carbocycles. The molecule has 15 nitrogen and oxygen atoms in total. The molecule has 3 aromatic carbocycles. The fourth-order valence-electron chi connectivity index (χ4n) is 8.46. The highest BCUT2D eigenvalue weighted by atomic mass is 16.6. The molecule has 2 unspecified atom stereocenters. The van der Waals surface area contributed by atoms with Gasteiger partial charge in [0.05, 0.1) is 18.5 Å². The molecule has 1 aliphatic carbocycles.